The van der Waals surface area contributed by atoms with E-state index in [9.17, 15) is 19.7 Å². The monoisotopic (exact) mass is 844 g/mol. The largest absolute Gasteiger partial charge is 0.497 e. The molecule has 6 rings (SSSR count). The molecule has 0 aliphatic heterocycles. The smallest absolute Gasteiger partial charge is 0.345 e. The fourth-order valence-electron chi connectivity index (χ4n) is 6.18. The van der Waals surface area contributed by atoms with Crippen molar-refractivity contribution < 1.29 is 42.9 Å². The second-order valence-electron chi connectivity index (χ2n) is 13.5. The van der Waals surface area contributed by atoms with Crippen molar-refractivity contribution >= 4 is 34.9 Å². The van der Waals surface area contributed by atoms with E-state index in [2.05, 4.69) is 14.9 Å². The number of aromatic nitrogens is 2. The van der Waals surface area contributed by atoms with Gasteiger partial charge >= 0.3 is 17.6 Å². The van der Waals surface area contributed by atoms with Crippen molar-refractivity contribution in [2.75, 3.05) is 58.2 Å². The van der Waals surface area contributed by atoms with Gasteiger partial charge in [0.25, 0.3) is 0 Å². The van der Waals surface area contributed by atoms with E-state index in [-0.39, 0.29) is 16.8 Å². The van der Waals surface area contributed by atoms with Crippen molar-refractivity contribution in [2.24, 2.45) is 0 Å². The molecule has 2 heterocycles. The fourth-order valence-corrected chi connectivity index (χ4v) is 6.18. The SMILES string of the molecule is COC(=O)c1cc(N(Cc2ccc(OC)cc2)Cc2ccc(OC)cc2)ncc1N.COC(=O)c1cc(N(Cc2ccc(OC)cc2)Cc2ccc(OC)cc2)ncc1[N+](=O)[O-]. The molecule has 0 saturated carbocycles. The number of benzene rings is 4. The molecule has 0 fully saturated rings. The third kappa shape index (κ3) is 12.1. The summed E-state index contributed by atoms with van der Waals surface area (Å²) in [6.07, 6.45) is 2.56. The van der Waals surface area contributed by atoms with Crippen molar-refractivity contribution in [1.82, 2.24) is 9.97 Å². The first-order valence-electron chi connectivity index (χ1n) is 19.1. The van der Waals surface area contributed by atoms with Crippen LogP contribution in [-0.2, 0) is 35.7 Å². The Hall–Kier alpha value is -7.88. The number of carbonyl (C=O) groups excluding carboxylic acids is 2. The number of hydrogen-bond donors (Lipinski definition) is 1. The molecule has 0 saturated heterocycles. The van der Waals surface area contributed by atoms with Gasteiger partial charge in [-0.3, -0.25) is 10.1 Å². The number of anilines is 3. The van der Waals surface area contributed by atoms with Crippen LogP contribution in [0.4, 0.5) is 23.0 Å². The van der Waals surface area contributed by atoms with Crippen molar-refractivity contribution in [3.05, 3.63) is 165 Å². The van der Waals surface area contributed by atoms with Crippen molar-refractivity contribution in [1.29, 1.82) is 0 Å². The summed E-state index contributed by atoms with van der Waals surface area (Å²) in [5.74, 6) is 2.78. The molecule has 4 aromatic carbocycles. The van der Waals surface area contributed by atoms with Gasteiger partial charge in [0, 0.05) is 32.2 Å². The van der Waals surface area contributed by atoms with Crippen molar-refractivity contribution in [3.8, 4) is 23.0 Å². The Kier molecular flexibility index (Phi) is 16.0. The number of nitrogen functional groups attached to an aromatic ring is 1. The maximum Gasteiger partial charge on any atom is 0.345 e. The Bertz CT molecular complexity index is 2310. The van der Waals surface area contributed by atoms with E-state index >= 15 is 0 Å². The van der Waals surface area contributed by atoms with Gasteiger partial charge in [-0.15, -0.1) is 0 Å². The second-order valence-corrected chi connectivity index (χ2v) is 13.5. The summed E-state index contributed by atoms with van der Waals surface area (Å²) >= 11 is 0. The molecule has 0 aliphatic rings. The van der Waals surface area contributed by atoms with Gasteiger partial charge in [0.05, 0.1) is 65.0 Å². The average Bonchev–Trinajstić information content (AvgIpc) is 3.31. The molecule has 0 unspecified atom stereocenters. The summed E-state index contributed by atoms with van der Waals surface area (Å²) in [6.45, 7) is 2.05. The number of nitrogens with zero attached hydrogens (tertiary/aromatic N) is 5. The highest BCUT2D eigenvalue weighted by Crippen LogP contribution is 2.28. The van der Waals surface area contributed by atoms with E-state index in [0.29, 0.717) is 37.8 Å². The van der Waals surface area contributed by atoms with Crippen LogP contribution < -0.4 is 34.5 Å². The number of carbonyl (C=O) groups is 2. The van der Waals surface area contributed by atoms with Crippen molar-refractivity contribution in [2.45, 2.75) is 26.2 Å². The maximum absolute atomic E-state index is 12.2. The standard InChI is InChI=1S/C23H23N3O6.C23H25N3O4/c1-30-18-8-4-16(5-9-18)14-25(15-17-6-10-19(31-2)11-7-17)22-12-20(23(27)32-3)21(13-24-22)26(28)29;1-28-18-8-4-16(5-9-18)14-26(15-17-6-10-19(29-2)11-7-17)22-12-20(23(27)30-3)21(24)13-25-22/h4-13H,14-15H2,1-3H3;4-13H,14-15,24H2,1-3H3. The molecule has 16 heteroatoms. The van der Waals surface area contributed by atoms with Crippen molar-refractivity contribution in [3.63, 3.8) is 0 Å². The Morgan fingerprint density at radius 1 is 0.532 bits per heavy atom. The zero-order valence-electron chi connectivity index (χ0n) is 35.3. The lowest BCUT2D eigenvalue weighted by atomic mass is 10.1. The highest BCUT2D eigenvalue weighted by Gasteiger charge is 2.24. The molecule has 0 atom stereocenters. The Labute approximate surface area is 359 Å². The topological polar surface area (TPSA) is 191 Å². The van der Waals surface area contributed by atoms with E-state index in [1.54, 1.807) is 34.5 Å². The molecule has 2 aromatic heterocycles. The first-order valence-corrected chi connectivity index (χ1v) is 19.1. The molecular formula is C46H48N6O10. The number of hydrogen-bond acceptors (Lipinski definition) is 15. The van der Waals surface area contributed by atoms with E-state index in [4.69, 9.17) is 34.2 Å². The van der Waals surface area contributed by atoms with Gasteiger partial charge in [-0.1, -0.05) is 48.5 Å². The summed E-state index contributed by atoms with van der Waals surface area (Å²) < 4.78 is 30.5. The number of methoxy groups -OCH3 is 6. The van der Waals surface area contributed by atoms with Crippen LogP contribution in [0.5, 0.6) is 23.0 Å². The van der Waals surface area contributed by atoms with Crippen LogP contribution in [0.2, 0.25) is 0 Å². The first kappa shape index (κ1) is 45.2. The van der Waals surface area contributed by atoms with Crippen LogP contribution in [0.1, 0.15) is 43.0 Å². The van der Waals surface area contributed by atoms with Crippen LogP contribution >= 0.6 is 0 Å². The number of nitrogens with two attached hydrogens (primary N) is 1. The molecule has 6 aromatic rings. The van der Waals surface area contributed by atoms with E-state index in [1.807, 2.05) is 102 Å². The second kappa shape index (κ2) is 21.9. The van der Waals surface area contributed by atoms with Gasteiger partial charge in [-0.2, -0.15) is 0 Å². The van der Waals surface area contributed by atoms with Gasteiger partial charge in [-0.25, -0.2) is 19.6 Å². The zero-order chi connectivity index (χ0) is 44.6. The lowest BCUT2D eigenvalue weighted by molar-refractivity contribution is -0.385. The zero-order valence-corrected chi connectivity index (χ0v) is 35.3. The van der Waals surface area contributed by atoms with Gasteiger partial charge in [0.1, 0.15) is 46.4 Å². The Balaban J connectivity index is 0.000000235. The number of rotatable bonds is 17. The van der Waals surface area contributed by atoms with Gasteiger partial charge in [0.2, 0.25) is 0 Å². The van der Waals surface area contributed by atoms with Crippen LogP contribution in [0.15, 0.2) is 122 Å². The summed E-state index contributed by atoms with van der Waals surface area (Å²) in [5, 5.41) is 11.3. The number of pyridine rings is 2. The summed E-state index contributed by atoms with van der Waals surface area (Å²) in [4.78, 5) is 47.7. The Morgan fingerprint density at radius 3 is 1.15 bits per heavy atom. The molecule has 62 heavy (non-hydrogen) atoms. The molecule has 16 nitrogen and oxygen atoms in total. The third-order valence-electron chi connectivity index (χ3n) is 9.57. The predicted molar refractivity (Wildman–Crippen MR) is 234 cm³/mol. The molecule has 0 bridgehead atoms. The summed E-state index contributed by atoms with van der Waals surface area (Å²) in [7, 11) is 8.97. The lowest BCUT2D eigenvalue weighted by Crippen LogP contribution is -2.24. The molecule has 322 valence electrons. The number of esters is 2. The lowest BCUT2D eigenvalue weighted by Gasteiger charge is -2.25. The molecular weight excluding hydrogens is 797 g/mol. The fraction of sp³-hybridized carbons (Fsp3) is 0.217. The Morgan fingerprint density at radius 2 is 0.839 bits per heavy atom. The van der Waals surface area contributed by atoms with Gasteiger partial charge in [-0.05, 0) is 76.9 Å². The normalized spacial score (nSPS) is 10.4. The number of nitro groups is 1. The highest BCUT2D eigenvalue weighted by molar-refractivity contribution is 5.96. The quantitative estimate of drug-likeness (QED) is 0.0534. The van der Waals surface area contributed by atoms with Crippen LogP contribution in [0.25, 0.3) is 0 Å². The van der Waals surface area contributed by atoms with Crippen LogP contribution in [-0.4, -0.2) is 69.5 Å². The van der Waals surface area contributed by atoms with E-state index in [0.717, 1.165) is 51.4 Å². The molecule has 0 spiro atoms. The number of ether oxygens (including phenoxy) is 6. The minimum Gasteiger partial charge on any atom is -0.497 e. The minimum absolute atomic E-state index is 0.156. The van der Waals surface area contributed by atoms with Crippen LogP contribution in [0.3, 0.4) is 0 Å². The molecule has 0 radical (unpaired) electrons. The summed E-state index contributed by atoms with van der Waals surface area (Å²) in [5.41, 5.74) is 10.0. The molecule has 2 N–H and O–H groups in total. The molecule has 0 aliphatic carbocycles. The van der Waals surface area contributed by atoms with Crippen LogP contribution in [0, 0.1) is 10.1 Å². The predicted octanol–water partition coefficient (Wildman–Crippen LogP) is 7.67. The van der Waals surface area contributed by atoms with E-state index in [1.165, 1.54) is 26.5 Å². The molecule has 0 amide bonds. The summed E-state index contributed by atoms with van der Waals surface area (Å²) in [6, 6.07) is 33.8. The first-order chi connectivity index (χ1) is 30.0. The van der Waals surface area contributed by atoms with E-state index < -0.39 is 22.5 Å². The van der Waals surface area contributed by atoms with Gasteiger partial charge < -0.3 is 44.0 Å². The maximum atomic E-state index is 12.2. The highest BCUT2D eigenvalue weighted by atomic mass is 16.6. The average molecular weight is 845 g/mol. The third-order valence-corrected chi connectivity index (χ3v) is 9.57. The van der Waals surface area contributed by atoms with Gasteiger partial charge in [0.15, 0.2) is 0 Å². The minimum atomic E-state index is -0.797.